The van der Waals surface area contributed by atoms with Gasteiger partial charge >= 0.3 is 0 Å². The SMILES string of the molecule is C=C(NC(C)=O)C(C)N. The fourth-order valence-corrected chi connectivity index (χ4v) is 0.340. The molecule has 0 aliphatic carbocycles. The first-order valence-corrected chi connectivity index (χ1v) is 2.76. The Kier molecular flexibility index (Phi) is 2.95. The van der Waals surface area contributed by atoms with Gasteiger partial charge in [0.1, 0.15) is 0 Å². The smallest absolute Gasteiger partial charge is 0.221 e. The summed E-state index contributed by atoms with van der Waals surface area (Å²) in [4.78, 5) is 10.3. The highest BCUT2D eigenvalue weighted by Crippen LogP contribution is 1.87. The van der Waals surface area contributed by atoms with Crippen LogP contribution in [0.2, 0.25) is 0 Å². The second-order valence-corrected chi connectivity index (χ2v) is 2.00. The van der Waals surface area contributed by atoms with Gasteiger partial charge in [-0.3, -0.25) is 4.79 Å². The molecule has 1 amide bonds. The van der Waals surface area contributed by atoms with Gasteiger partial charge in [0.15, 0.2) is 0 Å². The minimum Gasteiger partial charge on any atom is -0.329 e. The molecule has 0 aromatic heterocycles. The van der Waals surface area contributed by atoms with E-state index in [4.69, 9.17) is 5.73 Å². The topological polar surface area (TPSA) is 55.1 Å². The van der Waals surface area contributed by atoms with E-state index in [-0.39, 0.29) is 11.9 Å². The maximum atomic E-state index is 10.3. The molecule has 1 unspecified atom stereocenters. The molecule has 0 radical (unpaired) electrons. The van der Waals surface area contributed by atoms with E-state index in [1.807, 2.05) is 0 Å². The molecule has 3 heteroatoms. The van der Waals surface area contributed by atoms with Crippen molar-refractivity contribution < 1.29 is 4.79 Å². The van der Waals surface area contributed by atoms with Crippen LogP contribution in [0, 0.1) is 0 Å². The molecule has 52 valence electrons. The molecule has 3 N–H and O–H groups in total. The van der Waals surface area contributed by atoms with Crippen molar-refractivity contribution >= 4 is 5.91 Å². The van der Waals surface area contributed by atoms with Crippen molar-refractivity contribution in [3.8, 4) is 0 Å². The summed E-state index contributed by atoms with van der Waals surface area (Å²) in [7, 11) is 0. The van der Waals surface area contributed by atoms with Crippen LogP contribution in [0.3, 0.4) is 0 Å². The van der Waals surface area contributed by atoms with Crippen molar-refractivity contribution in [3.05, 3.63) is 12.3 Å². The summed E-state index contributed by atoms with van der Waals surface area (Å²) in [5.41, 5.74) is 5.93. The first-order valence-electron chi connectivity index (χ1n) is 2.76. The molecule has 0 aromatic rings. The molecule has 0 aliphatic rings. The van der Waals surface area contributed by atoms with Gasteiger partial charge < -0.3 is 11.1 Å². The number of hydrogen-bond acceptors (Lipinski definition) is 2. The number of nitrogens with two attached hydrogens (primary N) is 1. The van der Waals surface area contributed by atoms with E-state index in [2.05, 4.69) is 11.9 Å². The van der Waals surface area contributed by atoms with Gasteiger partial charge in [0.25, 0.3) is 0 Å². The third kappa shape index (κ3) is 3.73. The fraction of sp³-hybridized carbons (Fsp3) is 0.500. The van der Waals surface area contributed by atoms with Crippen molar-refractivity contribution in [2.24, 2.45) is 5.73 Å². The summed E-state index contributed by atoms with van der Waals surface area (Å²) >= 11 is 0. The Morgan fingerprint density at radius 3 is 2.33 bits per heavy atom. The molecule has 0 bridgehead atoms. The van der Waals surface area contributed by atoms with E-state index in [0.717, 1.165) is 0 Å². The predicted octanol–water partition coefficient (Wildman–Crippen LogP) is -0.0166. The Labute approximate surface area is 54.9 Å². The van der Waals surface area contributed by atoms with Crippen LogP contribution < -0.4 is 11.1 Å². The number of nitrogens with one attached hydrogen (secondary N) is 1. The quantitative estimate of drug-likeness (QED) is 0.549. The Bertz CT molecular complexity index is 129. The number of carbonyl (C=O) groups excluding carboxylic acids is 1. The van der Waals surface area contributed by atoms with Crippen molar-refractivity contribution in [2.45, 2.75) is 19.9 Å². The summed E-state index contributed by atoms with van der Waals surface area (Å²) in [6, 6.07) is -0.172. The molecular weight excluding hydrogens is 116 g/mol. The Hall–Kier alpha value is -0.830. The van der Waals surface area contributed by atoms with Gasteiger partial charge in [0.2, 0.25) is 5.91 Å². The highest BCUT2D eigenvalue weighted by Gasteiger charge is 1.99. The molecule has 0 aromatic carbocycles. The number of carbonyl (C=O) groups is 1. The minimum absolute atomic E-state index is 0.127. The molecule has 3 nitrogen and oxygen atoms in total. The lowest BCUT2D eigenvalue weighted by molar-refractivity contribution is -0.118. The molecule has 0 heterocycles. The van der Waals surface area contributed by atoms with Gasteiger partial charge in [0, 0.05) is 18.7 Å². The van der Waals surface area contributed by atoms with E-state index < -0.39 is 0 Å². The fourth-order valence-electron chi connectivity index (χ4n) is 0.340. The Balaban J connectivity index is 3.64. The third-order valence-corrected chi connectivity index (χ3v) is 0.886. The van der Waals surface area contributed by atoms with E-state index in [9.17, 15) is 4.79 Å². The van der Waals surface area contributed by atoms with E-state index >= 15 is 0 Å². The van der Waals surface area contributed by atoms with Crippen LogP contribution >= 0.6 is 0 Å². The van der Waals surface area contributed by atoms with Gasteiger partial charge in [-0.05, 0) is 6.92 Å². The summed E-state index contributed by atoms with van der Waals surface area (Å²) in [6.45, 7) is 6.72. The number of hydrogen-bond donors (Lipinski definition) is 2. The lowest BCUT2D eigenvalue weighted by Gasteiger charge is -2.08. The van der Waals surface area contributed by atoms with Crippen LogP contribution in [0.15, 0.2) is 12.3 Å². The molecule has 0 spiro atoms. The number of amides is 1. The maximum absolute atomic E-state index is 10.3. The second kappa shape index (κ2) is 3.25. The third-order valence-electron chi connectivity index (χ3n) is 0.886. The molecule has 0 rings (SSSR count). The number of rotatable bonds is 2. The molecule has 0 saturated heterocycles. The monoisotopic (exact) mass is 128 g/mol. The summed E-state index contributed by atoms with van der Waals surface area (Å²) in [6.07, 6.45) is 0. The van der Waals surface area contributed by atoms with Crippen molar-refractivity contribution in [1.29, 1.82) is 0 Å². The lowest BCUT2D eigenvalue weighted by atomic mass is 10.3. The predicted molar refractivity (Wildman–Crippen MR) is 36.6 cm³/mol. The van der Waals surface area contributed by atoms with Crippen molar-refractivity contribution in [2.75, 3.05) is 0 Å². The molecule has 1 atom stereocenters. The zero-order valence-electron chi connectivity index (χ0n) is 5.77. The summed E-state index contributed by atoms with van der Waals surface area (Å²) in [5, 5.41) is 2.48. The highest BCUT2D eigenvalue weighted by molar-refractivity contribution is 5.74. The lowest BCUT2D eigenvalue weighted by Crippen LogP contribution is -2.30. The van der Waals surface area contributed by atoms with Crippen LogP contribution in [0.5, 0.6) is 0 Å². The standard InChI is InChI=1S/C6H12N2O/c1-4(7)5(2)8-6(3)9/h4H,2,7H2,1,3H3,(H,8,9). The average Bonchev–Trinajstić information content (AvgIpc) is 1.63. The average molecular weight is 128 g/mol. The zero-order chi connectivity index (χ0) is 7.44. The maximum Gasteiger partial charge on any atom is 0.221 e. The molecular formula is C6H12N2O. The Morgan fingerprint density at radius 2 is 2.22 bits per heavy atom. The van der Waals surface area contributed by atoms with Crippen LogP contribution in [0.4, 0.5) is 0 Å². The summed E-state index contributed by atoms with van der Waals surface area (Å²) < 4.78 is 0. The van der Waals surface area contributed by atoms with Gasteiger partial charge in [-0.25, -0.2) is 0 Å². The van der Waals surface area contributed by atoms with Crippen LogP contribution in [0.1, 0.15) is 13.8 Å². The van der Waals surface area contributed by atoms with Gasteiger partial charge in [-0.1, -0.05) is 6.58 Å². The second-order valence-electron chi connectivity index (χ2n) is 2.00. The van der Waals surface area contributed by atoms with E-state index in [1.165, 1.54) is 6.92 Å². The largest absolute Gasteiger partial charge is 0.329 e. The van der Waals surface area contributed by atoms with E-state index in [0.29, 0.717) is 5.70 Å². The molecule has 0 fully saturated rings. The Morgan fingerprint density at radius 1 is 1.78 bits per heavy atom. The summed E-state index contributed by atoms with van der Waals surface area (Å²) in [5.74, 6) is -0.127. The van der Waals surface area contributed by atoms with Crippen LogP contribution in [-0.4, -0.2) is 11.9 Å². The molecule has 0 saturated carbocycles. The van der Waals surface area contributed by atoms with Gasteiger partial charge in [-0.2, -0.15) is 0 Å². The first kappa shape index (κ1) is 8.17. The van der Waals surface area contributed by atoms with E-state index in [1.54, 1.807) is 6.92 Å². The molecule has 9 heavy (non-hydrogen) atoms. The van der Waals surface area contributed by atoms with Gasteiger partial charge in [0.05, 0.1) is 0 Å². The van der Waals surface area contributed by atoms with Crippen LogP contribution in [-0.2, 0) is 4.79 Å². The first-order chi connectivity index (χ1) is 4.04. The highest BCUT2D eigenvalue weighted by atomic mass is 16.1. The van der Waals surface area contributed by atoms with Crippen molar-refractivity contribution in [1.82, 2.24) is 5.32 Å². The zero-order valence-corrected chi connectivity index (χ0v) is 5.77. The van der Waals surface area contributed by atoms with Gasteiger partial charge in [-0.15, -0.1) is 0 Å². The molecule has 0 aliphatic heterocycles. The van der Waals surface area contributed by atoms with Crippen molar-refractivity contribution in [3.63, 3.8) is 0 Å². The van der Waals surface area contributed by atoms with Crippen LogP contribution in [0.25, 0.3) is 0 Å². The normalized spacial score (nSPS) is 12.3. The minimum atomic E-state index is -0.172.